The molecule has 2 nitrogen and oxygen atoms in total. The zero-order valence-electron chi connectivity index (χ0n) is 6.97. The van der Waals surface area contributed by atoms with Crippen molar-refractivity contribution in [2.45, 2.75) is 44.6 Å². The van der Waals surface area contributed by atoms with Gasteiger partial charge in [0.05, 0.1) is 5.71 Å². The first-order valence-corrected chi connectivity index (χ1v) is 4.34. The number of hydrogen-bond acceptors (Lipinski definition) is 2. The van der Waals surface area contributed by atoms with Gasteiger partial charge >= 0.3 is 0 Å². The van der Waals surface area contributed by atoms with Gasteiger partial charge in [0.1, 0.15) is 5.60 Å². The smallest absolute Gasteiger partial charge is 0.143 e. The van der Waals surface area contributed by atoms with Crippen LogP contribution in [0.3, 0.4) is 0 Å². The van der Waals surface area contributed by atoms with Crippen molar-refractivity contribution >= 4 is 5.71 Å². The molecule has 11 heavy (non-hydrogen) atoms. The predicted molar refractivity (Wildman–Crippen MR) is 44.3 cm³/mol. The SMILES string of the molecule is CC1=NOC2(CC[CH]CC2)C1. The Labute approximate surface area is 67.6 Å². The van der Waals surface area contributed by atoms with Gasteiger partial charge in [-0.2, -0.15) is 0 Å². The van der Waals surface area contributed by atoms with Gasteiger partial charge in [-0.25, -0.2) is 0 Å². The van der Waals surface area contributed by atoms with E-state index in [0.29, 0.717) is 0 Å². The highest BCUT2D eigenvalue weighted by Gasteiger charge is 2.38. The molecule has 2 heteroatoms. The summed E-state index contributed by atoms with van der Waals surface area (Å²) in [7, 11) is 0. The molecular weight excluding hydrogens is 138 g/mol. The fraction of sp³-hybridized carbons (Fsp3) is 0.778. The summed E-state index contributed by atoms with van der Waals surface area (Å²) in [5, 5.41) is 4.02. The predicted octanol–water partition coefficient (Wildman–Crippen LogP) is 2.30. The van der Waals surface area contributed by atoms with Crippen LogP contribution >= 0.6 is 0 Å². The average molecular weight is 152 g/mol. The molecule has 61 valence electrons. The third kappa shape index (κ3) is 1.26. The summed E-state index contributed by atoms with van der Waals surface area (Å²) >= 11 is 0. The van der Waals surface area contributed by atoms with Gasteiger partial charge in [0.15, 0.2) is 0 Å². The summed E-state index contributed by atoms with van der Waals surface area (Å²) in [5.41, 5.74) is 1.27. The van der Waals surface area contributed by atoms with Crippen LogP contribution in [0.4, 0.5) is 0 Å². The van der Waals surface area contributed by atoms with Crippen molar-refractivity contribution in [2.75, 3.05) is 0 Å². The Balaban J connectivity index is 2.01. The van der Waals surface area contributed by atoms with Gasteiger partial charge in [-0.05, 0) is 39.0 Å². The lowest BCUT2D eigenvalue weighted by Crippen LogP contribution is -2.31. The van der Waals surface area contributed by atoms with Gasteiger partial charge in [-0.3, -0.25) is 0 Å². The lowest BCUT2D eigenvalue weighted by Gasteiger charge is -2.30. The molecule has 0 aromatic heterocycles. The van der Waals surface area contributed by atoms with E-state index in [1.807, 2.05) is 6.92 Å². The highest BCUT2D eigenvalue weighted by atomic mass is 16.7. The Hall–Kier alpha value is -0.530. The van der Waals surface area contributed by atoms with Crippen LogP contribution in [0.5, 0.6) is 0 Å². The molecule has 2 aliphatic rings. The number of oxime groups is 1. The van der Waals surface area contributed by atoms with Gasteiger partial charge in [0.25, 0.3) is 0 Å². The van der Waals surface area contributed by atoms with Crippen LogP contribution < -0.4 is 0 Å². The Morgan fingerprint density at radius 1 is 1.45 bits per heavy atom. The molecule has 0 amide bonds. The Morgan fingerprint density at radius 2 is 2.18 bits per heavy atom. The highest BCUT2D eigenvalue weighted by molar-refractivity contribution is 5.83. The quantitative estimate of drug-likeness (QED) is 0.522. The van der Waals surface area contributed by atoms with Crippen molar-refractivity contribution in [1.82, 2.24) is 0 Å². The van der Waals surface area contributed by atoms with E-state index in [2.05, 4.69) is 11.6 Å². The van der Waals surface area contributed by atoms with Gasteiger partial charge in [0, 0.05) is 6.42 Å². The van der Waals surface area contributed by atoms with E-state index in [9.17, 15) is 0 Å². The van der Waals surface area contributed by atoms with Crippen LogP contribution in [0, 0.1) is 6.42 Å². The van der Waals surface area contributed by atoms with E-state index in [1.165, 1.54) is 12.8 Å². The second-order valence-electron chi connectivity index (χ2n) is 3.64. The molecule has 0 aromatic rings. The zero-order chi connectivity index (χ0) is 7.73. The van der Waals surface area contributed by atoms with Crippen molar-refractivity contribution in [1.29, 1.82) is 0 Å². The minimum absolute atomic E-state index is 0.110. The maximum atomic E-state index is 5.46. The monoisotopic (exact) mass is 152 g/mol. The number of rotatable bonds is 0. The molecule has 1 aliphatic heterocycles. The minimum atomic E-state index is 0.110. The molecule has 1 heterocycles. The fourth-order valence-corrected chi connectivity index (χ4v) is 1.97. The van der Waals surface area contributed by atoms with Crippen molar-refractivity contribution in [2.24, 2.45) is 5.16 Å². The van der Waals surface area contributed by atoms with Gasteiger partial charge in [-0.1, -0.05) is 5.16 Å². The molecule has 0 saturated heterocycles. The minimum Gasteiger partial charge on any atom is -0.389 e. The molecule has 1 radical (unpaired) electrons. The van der Waals surface area contributed by atoms with Gasteiger partial charge in [0.2, 0.25) is 0 Å². The highest BCUT2D eigenvalue weighted by Crippen LogP contribution is 2.37. The molecule has 0 bridgehead atoms. The summed E-state index contributed by atoms with van der Waals surface area (Å²) in [5.74, 6) is 0. The van der Waals surface area contributed by atoms with Crippen LogP contribution in [0.25, 0.3) is 0 Å². The molecule has 1 fully saturated rings. The van der Waals surface area contributed by atoms with Crippen LogP contribution in [-0.4, -0.2) is 11.3 Å². The van der Waals surface area contributed by atoms with Crippen molar-refractivity contribution in [3.05, 3.63) is 6.42 Å². The molecular formula is C9H14NO. The van der Waals surface area contributed by atoms with E-state index in [-0.39, 0.29) is 5.60 Å². The molecule has 0 unspecified atom stereocenters. The Morgan fingerprint density at radius 3 is 2.73 bits per heavy atom. The van der Waals surface area contributed by atoms with Crippen molar-refractivity contribution in [3.63, 3.8) is 0 Å². The fourth-order valence-electron chi connectivity index (χ4n) is 1.97. The molecule has 0 aromatic carbocycles. The lowest BCUT2D eigenvalue weighted by atomic mass is 9.82. The second-order valence-corrected chi connectivity index (χ2v) is 3.64. The van der Waals surface area contributed by atoms with E-state index < -0.39 is 0 Å². The zero-order valence-corrected chi connectivity index (χ0v) is 6.97. The second kappa shape index (κ2) is 2.50. The number of hydrogen-bond donors (Lipinski definition) is 0. The summed E-state index contributed by atoms with van der Waals surface area (Å²) in [4.78, 5) is 5.46. The van der Waals surface area contributed by atoms with E-state index in [0.717, 1.165) is 25.0 Å². The molecule has 2 rings (SSSR count). The average Bonchev–Trinajstić information content (AvgIpc) is 2.34. The molecule has 0 N–H and O–H groups in total. The molecule has 1 aliphatic carbocycles. The maximum absolute atomic E-state index is 5.46. The first kappa shape index (κ1) is 7.14. The third-order valence-electron chi connectivity index (χ3n) is 2.58. The third-order valence-corrected chi connectivity index (χ3v) is 2.58. The van der Waals surface area contributed by atoms with Crippen molar-refractivity contribution < 1.29 is 4.84 Å². The summed E-state index contributed by atoms with van der Waals surface area (Å²) in [6.45, 7) is 2.05. The van der Waals surface area contributed by atoms with Crippen LogP contribution in [0.2, 0.25) is 0 Å². The molecule has 1 spiro atoms. The first-order chi connectivity index (χ1) is 5.31. The van der Waals surface area contributed by atoms with E-state index >= 15 is 0 Å². The largest absolute Gasteiger partial charge is 0.389 e. The lowest BCUT2D eigenvalue weighted by molar-refractivity contribution is -0.0386. The number of nitrogens with zero attached hydrogens (tertiary/aromatic N) is 1. The van der Waals surface area contributed by atoms with Crippen LogP contribution in [-0.2, 0) is 4.84 Å². The van der Waals surface area contributed by atoms with Crippen LogP contribution in [0.15, 0.2) is 5.16 Å². The van der Waals surface area contributed by atoms with E-state index in [4.69, 9.17) is 4.84 Å². The topological polar surface area (TPSA) is 21.6 Å². The summed E-state index contributed by atoms with van der Waals surface area (Å²) in [6.07, 6.45) is 8.12. The summed E-state index contributed by atoms with van der Waals surface area (Å²) < 4.78 is 0. The normalized spacial score (nSPS) is 28.3. The first-order valence-electron chi connectivity index (χ1n) is 4.34. The summed E-state index contributed by atoms with van der Waals surface area (Å²) in [6, 6.07) is 0. The Bertz CT molecular complexity index is 180. The molecule has 1 saturated carbocycles. The Kier molecular flexibility index (Phi) is 1.63. The van der Waals surface area contributed by atoms with Crippen LogP contribution in [0.1, 0.15) is 39.0 Å². The maximum Gasteiger partial charge on any atom is 0.143 e. The van der Waals surface area contributed by atoms with Gasteiger partial charge in [-0.15, -0.1) is 0 Å². The standard InChI is InChI=1S/C9H14NO/c1-8-7-9(11-10-8)5-3-2-4-6-9/h2H,3-7H2,1H3. The van der Waals surface area contributed by atoms with Gasteiger partial charge < -0.3 is 4.84 Å². The molecule has 0 atom stereocenters. The van der Waals surface area contributed by atoms with E-state index in [1.54, 1.807) is 0 Å². The van der Waals surface area contributed by atoms with Crippen molar-refractivity contribution in [3.8, 4) is 0 Å².